The number of furan rings is 2. The smallest absolute Gasteiger partial charge is 0.164 e. The molecule has 0 aliphatic heterocycles. The van der Waals surface area contributed by atoms with Crippen LogP contribution in [0.4, 0.5) is 0 Å². The largest absolute Gasteiger partial charge is 0.456 e. The molecule has 0 saturated heterocycles. The molecule has 0 N–H and O–H groups in total. The zero-order valence-electron chi connectivity index (χ0n) is 29.1. The van der Waals surface area contributed by atoms with Crippen LogP contribution >= 0.6 is 0 Å². The van der Waals surface area contributed by atoms with Gasteiger partial charge < -0.3 is 8.83 Å². The summed E-state index contributed by atoms with van der Waals surface area (Å²) in [6, 6.07) is 40.0. The Labute approximate surface area is 306 Å². The summed E-state index contributed by atoms with van der Waals surface area (Å²) in [4.78, 5) is 15.2. The highest BCUT2D eigenvalue weighted by Crippen LogP contribution is 2.41. The van der Waals surface area contributed by atoms with E-state index in [0.717, 1.165) is 95.5 Å². The van der Waals surface area contributed by atoms with Gasteiger partial charge in [0, 0.05) is 43.8 Å². The van der Waals surface area contributed by atoms with Crippen LogP contribution in [0.15, 0.2) is 161 Å². The van der Waals surface area contributed by atoms with Gasteiger partial charge in [-0.15, -0.1) is 0 Å². The summed E-state index contributed by atoms with van der Waals surface area (Å²) in [6.07, 6.45) is 16.6. The van der Waals surface area contributed by atoms with Gasteiger partial charge in [-0.1, -0.05) is 127 Å². The third-order valence-corrected chi connectivity index (χ3v) is 10.1. The van der Waals surface area contributed by atoms with Crippen molar-refractivity contribution in [2.45, 2.75) is 19.8 Å². The van der Waals surface area contributed by atoms with E-state index < -0.39 is 0 Å². The van der Waals surface area contributed by atoms with Gasteiger partial charge in [-0.3, -0.25) is 0 Å². The van der Waals surface area contributed by atoms with Crippen molar-refractivity contribution in [1.29, 1.82) is 0 Å². The molecular formula is C48H33N3O2. The fourth-order valence-electron chi connectivity index (χ4n) is 7.45. The molecule has 0 bridgehead atoms. The second-order valence-corrected chi connectivity index (χ2v) is 13.4. The molecule has 1 aliphatic rings. The summed E-state index contributed by atoms with van der Waals surface area (Å²) in [6.45, 7) is 2.01. The Hall–Kier alpha value is -6.85. The molecule has 6 aromatic carbocycles. The molecule has 5 nitrogen and oxygen atoms in total. The SMILES string of the molecule is C/C=C\C=C/c1ccc(-c2nc(C3=CCCC=C3)nc(-c3cccc4oc5cc(-c6cccc7c6oc6cc8ccccc8cc67)ccc5c34)n2)cc1. The molecule has 1 aliphatic carbocycles. The van der Waals surface area contributed by atoms with Gasteiger partial charge in [0.05, 0.1) is 0 Å². The van der Waals surface area contributed by atoms with Gasteiger partial charge in [-0.05, 0) is 72.0 Å². The predicted molar refractivity (Wildman–Crippen MR) is 218 cm³/mol. The molecule has 3 aromatic heterocycles. The maximum absolute atomic E-state index is 6.58. The van der Waals surface area contributed by atoms with E-state index in [9.17, 15) is 0 Å². The minimum absolute atomic E-state index is 0.610. The zero-order chi connectivity index (χ0) is 35.3. The molecule has 0 atom stereocenters. The third kappa shape index (κ3) is 5.45. The first-order valence-electron chi connectivity index (χ1n) is 18.0. The van der Waals surface area contributed by atoms with Crippen LogP contribution in [0.25, 0.3) is 100 Å². The molecule has 3 heterocycles. The monoisotopic (exact) mass is 683 g/mol. The Balaban J connectivity index is 1.10. The number of aromatic nitrogens is 3. The quantitative estimate of drug-likeness (QED) is 0.163. The second kappa shape index (κ2) is 12.7. The van der Waals surface area contributed by atoms with Gasteiger partial charge in [0.1, 0.15) is 22.3 Å². The van der Waals surface area contributed by atoms with Crippen LogP contribution in [-0.2, 0) is 0 Å². The van der Waals surface area contributed by atoms with E-state index in [1.165, 1.54) is 5.39 Å². The van der Waals surface area contributed by atoms with Crippen molar-refractivity contribution in [3.63, 3.8) is 0 Å². The van der Waals surface area contributed by atoms with Crippen molar-refractivity contribution in [1.82, 2.24) is 15.0 Å². The molecule has 0 amide bonds. The normalized spacial score (nSPS) is 13.5. The van der Waals surface area contributed by atoms with Gasteiger partial charge >= 0.3 is 0 Å². The number of hydrogen-bond donors (Lipinski definition) is 0. The summed E-state index contributed by atoms with van der Waals surface area (Å²) in [7, 11) is 0. The van der Waals surface area contributed by atoms with E-state index in [-0.39, 0.29) is 0 Å². The first kappa shape index (κ1) is 30.9. The average molecular weight is 684 g/mol. The lowest BCUT2D eigenvalue weighted by Crippen LogP contribution is -2.03. The first-order valence-corrected chi connectivity index (χ1v) is 18.0. The van der Waals surface area contributed by atoms with Gasteiger partial charge in [0.25, 0.3) is 0 Å². The minimum atomic E-state index is 0.610. The van der Waals surface area contributed by atoms with Crippen LogP contribution in [0.5, 0.6) is 0 Å². The maximum atomic E-state index is 6.58. The Morgan fingerprint density at radius 1 is 0.566 bits per heavy atom. The number of nitrogens with zero attached hydrogens (tertiary/aromatic N) is 3. The number of benzene rings is 6. The lowest BCUT2D eigenvalue weighted by molar-refractivity contribution is 0.668. The van der Waals surface area contributed by atoms with Gasteiger partial charge in [0.2, 0.25) is 0 Å². The van der Waals surface area contributed by atoms with Crippen molar-refractivity contribution >= 4 is 66.3 Å². The summed E-state index contributed by atoms with van der Waals surface area (Å²) in [5.74, 6) is 1.91. The fourth-order valence-corrected chi connectivity index (χ4v) is 7.45. The highest BCUT2D eigenvalue weighted by atomic mass is 16.3. The summed E-state index contributed by atoms with van der Waals surface area (Å²) < 4.78 is 13.1. The second-order valence-electron chi connectivity index (χ2n) is 13.4. The molecule has 252 valence electrons. The van der Waals surface area contributed by atoms with Crippen LogP contribution < -0.4 is 0 Å². The molecule has 0 unspecified atom stereocenters. The van der Waals surface area contributed by atoms with Crippen molar-refractivity contribution in [2.24, 2.45) is 0 Å². The standard InChI is InChI=1S/C48H33N3O2/c1-2-3-5-12-30-21-23-32(24-22-30)47-49-46(31-13-6-4-7-14-31)50-48(51-47)39-19-11-20-41-44(39)38-26-25-35(29-42(38)52-41)36-17-10-18-37-40-27-33-15-8-9-16-34(33)28-43(40)53-45(36)37/h2-3,5-6,8-29H,4,7H2,1H3/b3-2-,12-5-. The van der Waals surface area contributed by atoms with Crippen molar-refractivity contribution < 1.29 is 8.83 Å². The van der Waals surface area contributed by atoms with E-state index in [4.69, 9.17) is 23.8 Å². The van der Waals surface area contributed by atoms with Crippen molar-refractivity contribution in [3.8, 4) is 33.9 Å². The molecule has 0 saturated carbocycles. The number of rotatable bonds is 6. The number of fused-ring (bicyclic) bond motifs is 7. The molecule has 5 heteroatoms. The summed E-state index contributed by atoms with van der Waals surface area (Å²) in [5, 5.41) is 6.55. The fraction of sp³-hybridized carbons (Fsp3) is 0.0625. The Kier molecular flexibility index (Phi) is 7.43. The van der Waals surface area contributed by atoms with Gasteiger partial charge in [0.15, 0.2) is 17.5 Å². The van der Waals surface area contributed by atoms with Crippen molar-refractivity contribution in [3.05, 3.63) is 163 Å². The average Bonchev–Trinajstić information content (AvgIpc) is 3.78. The Morgan fingerprint density at radius 3 is 2.19 bits per heavy atom. The Bertz CT molecular complexity index is 3010. The van der Waals surface area contributed by atoms with E-state index in [0.29, 0.717) is 17.5 Å². The van der Waals surface area contributed by atoms with E-state index in [2.05, 4.69) is 127 Å². The minimum Gasteiger partial charge on any atom is -0.456 e. The number of para-hydroxylation sites is 1. The van der Waals surface area contributed by atoms with Crippen LogP contribution in [-0.4, -0.2) is 15.0 Å². The van der Waals surface area contributed by atoms with E-state index in [1.807, 2.05) is 37.3 Å². The highest BCUT2D eigenvalue weighted by Gasteiger charge is 2.20. The summed E-state index contributed by atoms with van der Waals surface area (Å²) >= 11 is 0. The number of allylic oxidation sites excluding steroid dienone is 7. The molecular weight excluding hydrogens is 651 g/mol. The van der Waals surface area contributed by atoms with Crippen LogP contribution in [0.1, 0.15) is 31.2 Å². The van der Waals surface area contributed by atoms with Gasteiger partial charge in [-0.25, -0.2) is 15.0 Å². The lowest BCUT2D eigenvalue weighted by atomic mass is 9.99. The first-order chi connectivity index (χ1) is 26.2. The molecule has 9 aromatic rings. The van der Waals surface area contributed by atoms with Crippen molar-refractivity contribution in [2.75, 3.05) is 0 Å². The Morgan fingerprint density at radius 2 is 1.34 bits per heavy atom. The van der Waals surface area contributed by atoms with Gasteiger partial charge in [-0.2, -0.15) is 0 Å². The lowest BCUT2D eigenvalue weighted by Gasteiger charge is -2.11. The van der Waals surface area contributed by atoms with E-state index in [1.54, 1.807) is 0 Å². The highest BCUT2D eigenvalue weighted by molar-refractivity contribution is 6.15. The molecule has 53 heavy (non-hydrogen) atoms. The molecule has 0 fully saturated rings. The van der Waals surface area contributed by atoms with Crippen LogP contribution in [0.2, 0.25) is 0 Å². The molecule has 10 rings (SSSR count). The third-order valence-electron chi connectivity index (χ3n) is 10.1. The summed E-state index contributed by atoms with van der Waals surface area (Å²) in [5.41, 5.74) is 9.31. The van der Waals surface area contributed by atoms with E-state index >= 15 is 0 Å². The molecule has 0 spiro atoms. The molecule has 0 radical (unpaired) electrons. The topological polar surface area (TPSA) is 65.0 Å². The number of hydrogen-bond acceptors (Lipinski definition) is 5. The zero-order valence-corrected chi connectivity index (χ0v) is 29.1. The maximum Gasteiger partial charge on any atom is 0.164 e. The predicted octanol–water partition coefficient (Wildman–Crippen LogP) is 13.1. The van der Waals surface area contributed by atoms with Crippen LogP contribution in [0.3, 0.4) is 0 Å². The van der Waals surface area contributed by atoms with Crippen LogP contribution in [0, 0.1) is 0 Å².